The first-order valence-corrected chi connectivity index (χ1v) is 3.60. The Balaban J connectivity index is 3.60. The van der Waals surface area contributed by atoms with E-state index in [9.17, 15) is 4.79 Å². The van der Waals surface area contributed by atoms with Crippen LogP contribution >= 0.6 is 12.2 Å². The Morgan fingerprint density at radius 1 is 1.73 bits per heavy atom. The van der Waals surface area contributed by atoms with Gasteiger partial charge in [-0.2, -0.15) is 0 Å². The third-order valence-corrected chi connectivity index (χ3v) is 1.68. The molecule has 0 fully saturated rings. The molecule has 0 aromatic rings. The summed E-state index contributed by atoms with van der Waals surface area (Å²) in [6, 6.07) is -0.373. The van der Waals surface area contributed by atoms with E-state index < -0.39 is 0 Å². The zero-order valence-electron chi connectivity index (χ0n) is 6.37. The van der Waals surface area contributed by atoms with E-state index in [1.807, 2.05) is 0 Å². The predicted molar refractivity (Wildman–Crippen MR) is 46.0 cm³/mol. The highest BCUT2D eigenvalue weighted by Crippen LogP contribution is 1.96. The van der Waals surface area contributed by atoms with Crippen LogP contribution in [0.1, 0.15) is 12.8 Å². The average Bonchev–Trinajstić information content (AvgIpc) is 1.98. The van der Waals surface area contributed by atoms with Crippen LogP contribution in [0, 0.1) is 0 Å². The number of hydrogen-bond donors (Lipinski definition) is 2. The van der Waals surface area contributed by atoms with Crippen molar-refractivity contribution in [3.05, 3.63) is 0 Å². The first-order chi connectivity index (χ1) is 5.07. The molecule has 0 heterocycles. The van der Waals surface area contributed by atoms with Crippen LogP contribution in [0.3, 0.4) is 0 Å². The second kappa shape index (κ2) is 5.03. The van der Waals surface area contributed by atoms with Crippen molar-refractivity contribution >= 4 is 23.2 Å². The Bertz CT molecular complexity index is 161. The van der Waals surface area contributed by atoms with Crippen LogP contribution in [0.15, 0.2) is 0 Å². The molecule has 0 aliphatic carbocycles. The molecule has 0 saturated heterocycles. The Labute approximate surface area is 70.9 Å². The fourth-order valence-electron chi connectivity index (χ4n) is 0.567. The summed E-state index contributed by atoms with van der Waals surface area (Å²) in [5.41, 5.74) is 10.4. The Morgan fingerprint density at radius 2 is 2.27 bits per heavy atom. The number of ether oxygens (including phenoxy) is 1. The van der Waals surface area contributed by atoms with Crippen LogP contribution in [0.4, 0.5) is 0 Å². The number of rotatable bonds is 4. The summed E-state index contributed by atoms with van der Waals surface area (Å²) < 4.78 is 4.70. The number of carbonyl (C=O) groups is 1. The van der Waals surface area contributed by atoms with E-state index in [4.69, 9.17) is 28.4 Å². The van der Waals surface area contributed by atoms with Crippen molar-refractivity contribution in [3.8, 4) is 0 Å². The molecule has 0 aliphatic heterocycles. The predicted octanol–water partition coefficient (Wildman–Crippen LogP) is -0.447. The molecule has 0 radical (unpaired) electrons. The van der Waals surface area contributed by atoms with Gasteiger partial charge in [-0.1, -0.05) is 0 Å². The van der Waals surface area contributed by atoms with Gasteiger partial charge in [0, 0.05) is 6.42 Å². The fourth-order valence-corrected chi connectivity index (χ4v) is 0.685. The SMILES string of the molecule is COC(=S)[C@@H](N)CCC(N)=O. The van der Waals surface area contributed by atoms with Gasteiger partial charge < -0.3 is 16.2 Å². The summed E-state index contributed by atoms with van der Waals surface area (Å²) in [7, 11) is 1.45. The lowest BCUT2D eigenvalue weighted by Gasteiger charge is -2.09. The molecule has 0 bridgehead atoms. The maximum atomic E-state index is 10.3. The molecule has 1 amide bonds. The van der Waals surface area contributed by atoms with E-state index in [0.717, 1.165) is 0 Å². The summed E-state index contributed by atoms with van der Waals surface area (Å²) in [6.45, 7) is 0. The molecule has 0 aromatic heterocycles. The summed E-state index contributed by atoms with van der Waals surface area (Å²) >= 11 is 4.73. The Morgan fingerprint density at radius 3 is 2.64 bits per heavy atom. The molecule has 11 heavy (non-hydrogen) atoms. The lowest BCUT2D eigenvalue weighted by molar-refractivity contribution is -0.118. The molecular formula is C6H12N2O2S. The van der Waals surface area contributed by atoms with Gasteiger partial charge in [0.1, 0.15) is 0 Å². The quantitative estimate of drug-likeness (QED) is 0.569. The van der Waals surface area contributed by atoms with Crippen molar-refractivity contribution < 1.29 is 9.53 Å². The Kier molecular flexibility index (Phi) is 4.72. The van der Waals surface area contributed by atoms with Gasteiger partial charge in [-0.25, -0.2) is 0 Å². The van der Waals surface area contributed by atoms with Crippen molar-refractivity contribution in [2.45, 2.75) is 18.9 Å². The number of thiocarbonyl (C=S) groups is 1. The fraction of sp³-hybridized carbons (Fsp3) is 0.667. The minimum absolute atomic E-state index is 0.241. The smallest absolute Gasteiger partial charge is 0.217 e. The molecule has 0 aliphatic rings. The van der Waals surface area contributed by atoms with Gasteiger partial charge in [0.15, 0.2) is 5.05 Å². The van der Waals surface area contributed by atoms with Gasteiger partial charge in [0.25, 0.3) is 0 Å². The highest BCUT2D eigenvalue weighted by atomic mass is 32.1. The summed E-state index contributed by atoms with van der Waals surface area (Å²) in [5, 5.41) is 0.311. The minimum atomic E-state index is -0.376. The van der Waals surface area contributed by atoms with Gasteiger partial charge >= 0.3 is 0 Å². The van der Waals surface area contributed by atoms with Crippen molar-refractivity contribution in [2.75, 3.05) is 7.11 Å². The second-order valence-electron chi connectivity index (χ2n) is 2.13. The zero-order valence-corrected chi connectivity index (χ0v) is 7.19. The van der Waals surface area contributed by atoms with E-state index in [1.165, 1.54) is 7.11 Å². The van der Waals surface area contributed by atoms with Gasteiger partial charge in [0.05, 0.1) is 13.2 Å². The number of carbonyl (C=O) groups excluding carboxylic acids is 1. The van der Waals surface area contributed by atoms with Crippen LogP contribution in [0.25, 0.3) is 0 Å². The third-order valence-electron chi connectivity index (χ3n) is 1.21. The lowest BCUT2D eigenvalue weighted by atomic mass is 10.2. The number of methoxy groups -OCH3 is 1. The van der Waals surface area contributed by atoms with Gasteiger partial charge in [-0.05, 0) is 18.6 Å². The van der Waals surface area contributed by atoms with E-state index in [1.54, 1.807) is 0 Å². The van der Waals surface area contributed by atoms with E-state index >= 15 is 0 Å². The largest absolute Gasteiger partial charge is 0.489 e. The molecule has 5 heteroatoms. The van der Waals surface area contributed by atoms with Crippen molar-refractivity contribution in [3.63, 3.8) is 0 Å². The minimum Gasteiger partial charge on any atom is -0.489 e. The maximum Gasteiger partial charge on any atom is 0.217 e. The number of amides is 1. The van der Waals surface area contributed by atoms with Gasteiger partial charge in [-0.15, -0.1) is 0 Å². The molecule has 0 unspecified atom stereocenters. The molecule has 64 valence electrons. The molecule has 4 nitrogen and oxygen atoms in total. The van der Waals surface area contributed by atoms with Crippen LogP contribution < -0.4 is 11.5 Å². The average molecular weight is 176 g/mol. The van der Waals surface area contributed by atoms with E-state index in [-0.39, 0.29) is 18.4 Å². The summed E-state index contributed by atoms with van der Waals surface area (Å²) in [4.78, 5) is 10.3. The first-order valence-electron chi connectivity index (χ1n) is 3.19. The molecular weight excluding hydrogens is 164 g/mol. The van der Waals surface area contributed by atoms with Crippen LogP contribution in [0.2, 0.25) is 0 Å². The van der Waals surface area contributed by atoms with Gasteiger partial charge in [-0.3, -0.25) is 4.79 Å². The monoisotopic (exact) mass is 176 g/mol. The normalized spacial score (nSPS) is 12.2. The summed E-state index contributed by atoms with van der Waals surface area (Å²) in [6.07, 6.45) is 0.687. The van der Waals surface area contributed by atoms with Crippen LogP contribution in [-0.2, 0) is 9.53 Å². The van der Waals surface area contributed by atoms with E-state index in [0.29, 0.717) is 11.5 Å². The highest BCUT2D eigenvalue weighted by Gasteiger charge is 2.09. The van der Waals surface area contributed by atoms with Crippen LogP contribution in [0.5, 0.6) is 0 Å². The number of nitrogens with two attached hydrogens (primary N) is 2. The second-order valence-corrected chi connectivity index (χ2v) is 2.54. The number of hydrogen-bond acceptors (Lipinski definition) is 4. The molecule has 0 aromatic carbocycles. The molecule has 0 rings (SSSR count). The Hall–Kier alpha value is -0.680. The maximum absolute atomic E-state index is 10.3. The topological polar surface area (TPSA) is 78.3 Å². The highest BCUT2D eigenvalue weighted by molar-refractivity contribution is 7.80. The van der Waals surface area contributed by atoms with Crippen molar-refractivity contribution in [1.82, 2.24) is 0 Å². The van der Waals surface area contributed by atoms with Crippen molar-refractivity contribution in [2.24, 2.45) is 11.5 Å². The molecule has 0 saturated carbocycles. The lowest BCUT2D eigenvalue weighted by Crippen LogP contribution is -2.31. The van der Waals surface area contributed by atoms with Crippen molar-refractivity contribution in [1.29, 1.82) is 0 Å². The number of primary amides is 1. The van der Waals surface area contributed by atoms with Gasteiger partial charge in [0.2, 0.25) is 5.91 Å². The summed E-state index contributed by atoms with van der Waals surface area (Å²) in [5.74, 6) is -0.376. The molecule has 1 atom stereocenters. The standard InChI is InChI=1S/C6H12N2O2S/c1-10-6(11)4(7)2-3-5(8)9/h4H,2-3,7H2,1H3,(H2,8,9)/t4-/m0/s1. The first kappa shape index (κ1) is 10.3. The molecule has 0 spiro atoms. The zero-order chi connectivity index (χ0) is 8.85. The van der Waals surface area contributed by atoms with E-state index in [2.05, 4.69) is 0 Å². The van der Waals surface area contributed by atoms with Crippen LogP contribution in [-0.4, -0.2) is 24.1 Å². The molecule has 4 N–H and O–H groups in total. The third kappa shape index (κ3) is 4.69.